The average Bonchev–Trinajstić information content (AvgIpc) is 2.92. The van der Waals surface area contributed by atoms with E-state index in [1.165, 1.54) is 4.68 Å². The molecule has 0 aliphatic heterocycles. The summed E-state index contributed by atoms with van der Waals surface area (Å²) < 4.78 is 27.1. The minimum absolute atomic E-state index is 0.0839. The van der Waals surface area contributed by atoms with E-state index in [0.717, 1.165) is 0 Å². The SMILES string of the molecule is Nc1[nH]nc2c1c(C(F)F)nn2-c1ccncc1. The molecular formula is C10H8F2N6. The number of H-pyrrole nitrogens is 1. The third-order valence-electron chi connectivity index (χ3n) is 2.55. The second-order valence-corrected chi connectivity index (χ2v) is 3.64. The van der Waals surface area contributed by atoms with E-state index in [1.807, 2.05) is 0 Å². The lowest BCUT2D eigenvalue weighted by Gasteiger charge is -1.99. The minimum Gasteiger partial charge on any atom is -0.383 e. The molecule has 0 bridgehead atoms. The Labute approximate surface area is 99.4 Å². The molecule has 3 N–H and O–H groups in total. The number of aromatic amines is 1. The molecule has 0 amide bonds. The van der Waals surface area contributed by atoms with Gasteiger partial charge >= 0.3 is 0 Å². The van der Waals surface area contributed by atoms with Crippen molar-refractivity contribution in [2.75, 3.05) is 5.73 Å². The zero-order valence-electron chi connectivity index (χ0n) is 9.01. The number of pyridine rings is 1. The van der Waals surface area contributed by atoms with Gasteiger partial charge in [-0.05, 0) is 12.1 Å². The van der Waals surface area contributed by atoms with Gasteiger partial charge in [-0.15, -0.1) is 0 Å². The van der Waals surface area contributed by atoms with Crippen LogP contribution in [0.4, 0.5) is 14.6 Å². The summed E-state index contributed by atoms with van der Waals surface area (Å²) in [6.45, 7) is 0. The van der Waals surface area contributed by atoms with Gasteiger partial charge in [0.1, 0.15) is 11.5 Å². The number of nitrogens with zero attached hydrogens (tertiary/aromatic N) is 4. The molecule has 0 saturated heterocycles. The molecule has 0 atom stereocenters. The van der Waals surface area contributed by atoms with Crippen LogP contribution in [0.2, 0.25) is 0 Å². The monoisotopic (exact) mass is 250 g/mol. The lowest BCUT2D eigenvalue weighted by molar-refractivity contribution is 0.147. The first-order valence-corrected chi connectivity index (χ1v) is 5.09. The number of nitrogens with two attached hydrogens (primary N) is 1. The summed E-state index contributed by atoms with van der Waals surface area (Å²) in [5.41, 5.74) is 6.07. The van der Waals surface area contributed by atoms with Gasteiger partial charge < -0.3 is 5.73 Å². The van der Waals surface area contributed by atoms with E-state index in [1.54, 1.807) is 24.5 Å². The van der Waals surface area contributed by atoms with Gasteiger partial charge in [0, 0.05) is 12.4 Å². The van der Waals surface area contributed by atoms with Gasteiger partial charge in [0.15, 0.2) is 5.65 Å². The van der Waals surface area contributed by atoms with Crippen LogP contribution in [-0.2, 0) is 0 Å². The summed E-state index contributed by atoms with van der Waals surface area (Å²) >= 11 is 0. The molecule has 8 heteroatoms. The molecule has 3 aromatic rings. The molecule has 0 fully saturated rings. The van der Waals surface area contributed by atoms with Crippen LogP contribution in [0.15, 0.2) is 24.5 Å². The molecule has 0 radical (unpaired) electrons. The molecule has 6 nitrogen and oxygen atoms in total. The van der Waals surface area contributed by atoms with Crippen molar-refractivity contribution in [3.8, 4) is 5.69 Å². The molecule has 0 aromatic carbocycles. The number of nitrogens with one attached hydrogen (secondary N) is 1. The molecule has 3 heterocycles. The Kier molecular flexibility index (Phi) is 2.22. The van der Waals surface area contributed by atoms with Gasteiger partial charge in [-0.2, -0.15) is 10.2 Å². The van der Waals surface area contributed by atoms with E-state index < -0.39 is 6.43 Å². The summed E-state index contributed by atoms with van der Waals surface area (Å²) in [6, 6.07) is 3.29. The molecule has 92 valence electrons. The van der Waals surface area contributed by atoms with E-state index >= 15 is 0 Å². The van der Waals surface area contributed by atoms with Crippen molar-refractivity contribution in [2.45, 2.75) is 6.43 Å². The Morgan fingerprint density at radius 1 is 1.28 bits per heavy atom. The smallest absolute Gasteiger partial charge is 0.282 e. The lowest BCUT2D eigenvalue weighted by atomic mass is 10.3. The summed E-state index contributed by atoms with van der Waals surface area (Å²) in [4.78, 5) is 3.86. The third-order valence-corrected chi connectivity index (χ3v) is 2.55. The maximum Gasteiger partial charge on any atom is 0.282 e. The maximum atomic E-state index is 12.9. The Bertz CT molecular complexity index is 687. The van der Waals surface area contributed by atoms with Crippen LogP contribution in [-0.4, -0.2) is 25.0 Å². The van der Waals surface area contributed by atoms with Crippen molar-refractivity contribution in [1.82, 2.24) is 25.0 Å². The molecule has 3 rings (SSSR count). The zero-order chi connectivity index (χ0) is 12.7. The number of halogens is 2. The van der Waals surface area contributed by atoms with Gasteiger partial charge in [0.05, 0.1) is 11.1 Å². The van der Waals surface area contributed by atoms with E-state index in [2.05, 4.69) is 20.3 Å². The summed E-state index contributed by atoms with van der Waals surface area (Å²) in [6.07, 6.45) is 0.373. The fourth-order valence-electron chi connectivity index (χ4n) is 1.77. The van der Waals surface area contributed by atoms with E-state index in [4.69, 9.17) is 5.73 Å². The number of anilines is 1. The van der Waals surface area contributed by atoms with Gasteiger partial charge in [0.25, 0.3) is 6.43 Å². The summed E-state index contributed by atoms with van der Waals surface area (Å²) in [5.74, 6) is 0.0839. The van der Waals surface area contributed by atoms with Crippen molar-refractivity contribution in [2.24, 2.45) is 0 Å². The first kappa shape index (κ1) is 10.6. The standard InChI is InChI=1S/C10H8F2N6/c11-8(12)7-6-9(13)15-16-10(6)18(17-7)5-1-3-14-4-2-5/h1-4,8H,(H3,13,15,16). The number of alkyl halides is 2. The molecule has 0 aliphatic rings. The van der Waals surface area contributed by atoms with E-state index in [9.17, 15) is 8.78 Å². The highest BCUT2D eigenvalue weighted by Crippen LogP contribution is 2.30. The molecule has 0 aliphatic carbocycles. The Morgan fingerprint density at radius 2 is 2.00 bits per heavy atom. The van der Waals surface area contributed by atoms with Crippen LogP contribution in [0.3, 0.4) is 0 Å². The fourth-order valence-corrected chi connectivity index (χ4v) is 1.77. The molecule has 18 heavy (non-hydrogen) atoms. The maximum absolute atomic E-state index is 12.9. The highest BCUT2D eigenvalue weighted by Gasteiger charge is 2.23. The van der Waals surface area contributed by atoms with Crippen molar-refractivity contribution in [1.29, 1.82) is 0 Å². The largest absolute Gasteiger partial charge is 0.383 e. The number of fused-ring (bicyclic) bond motifs is 1. The van der Waals surface area contributed by atoms with Gasteiger partial charge in [-0.25, -0.2) is 13.5 Å². The quantitative estimate of drug-likeness (QED) is 0.724. The summed E-state index contributed by atoms with van der Waals surface area (Å²) in [7, 11) is 0. The molecule has 0 saturated carbocycles. The second-order valence-electron chi connectivity index (χ2n) is 3.64. The molecule has 3 aromatic heterocycles. The number of nitrogen functional groups attached to an aromatic ring is 1. The molecule has 0 spiro atoms. The average molecular weight is 250 g/mol. The van der Waals surface area contributed by atoms with Crippen LogP contribution in [0, 0.1) is 0 Å². The molecular weight excluding hydrogens is 242 g/mol. The van der Waals surface area contributed by atoms with Crippen LogP contribution in [0.25, 0.3) is 16.7 Å². The number of aromatic nitrogens is 5. The van der Waals surface area contributed by atoms with E-state index in [-0.39, 0.29) is 22.5 Å². The predicted octanol–water partition coefficient (Wildman–Crippen LogP) is 1.66. The van der Waals surface area contributed by atoms with Crippen molar-refractivity contribution < 1.29 is 8.78 Å². The van der Waals surface area contributed by atoms with Crippen molar-refractivity contribution >= 4 is 16.9 Å². The highest BCUT2D eigenvalue weighted by molar-refractivity contribution is 5.90. The van der Waals surface area contributed by atoms with Crippen molar-refractivity contribution in [3.05, 3.63) is 30.2 Å². The molecule has 0 unspecified atom stereocenters. The topological polar surface area (TPSA) is 85.4 Å². The summed E-state index contributed by atoms with van der Waals surface area (Å²) in [5, 5.41) is 10.4. The van der Waals surface area contributed by atoms with Crippen molar-refractivity contribution in [3.63, 3.8) is 0 Å². The second kappa shape index (κ2) is 3.76. The first-order chi connectivity index (χ1) is 8.68. The normalized spacial score (nSPS) is 11.5. The van der Waals surface area contributed by atoms with E-state index in [0.29, 0.717) is 5.69 Å². The Hall–Kier alpha value is -2.51. The zero-order valence-corrected chi connectivity index (χ0v) is 9.01. The highest BCUT2D eigenvalue weighted by atomic mass is 19.3. The Balaban J connectivity index is 2.31. The lowest BCUT2D eigenvalue weighted by Crippen LogP contribution is -1.99. The third kappa shape index (κ3) is 1.42. The number of hydrogen-bond acceptors (Lipinski definition) is 4. The number of rotatable bonds is 2. The Morgan fingerprint density at radius 3 is 2.67 bits per heavy atom. The van der Waals surface area contributed by atoms with Crippen LogP contribution >= 0.6 is 0 Å². The minimum atomic E-state index is -2.71. The van der Waals surface area contributed by atoms with Crippen LogP contribution < -0.4 is 5.73 Å². The first-order valence-electron chi connectivity index (χ1n) is 5.09. The fraction of sp³-hybridized carbons (Fsp3) is 0.100. The predicted molar refractivity (Wildman–Crippen MR) is 60.4 cm³/mol. The van der Waals surface area contributed by atoms with Crippen LogP contribution in [0.1, 0.15) is 12.1 Å². The van der Waals surface area contributed by atoms with Gasteiger partial charge in [0.2, 0.25) is 0 Å². The number of hydrogen-bond donors (Lipinski definition) is 2. The van der Waals surface area contributed by atoms with Gasteiger partial charge in [-0.3, -0.25) is 10.1 Å². The van der Waals surface area contributed by atoms with Crippen LogP contribution in [0.5, 0.6) is 0 Å². The van der Waals surface area contributed by atoms with Gasteiger partial charge in [-0.1, -0.05) is 0 Å².